The number of aliphatic carboxylic acids is 1. The van der Waals surface area contributed by atoms with E-state index in [1.165, 1.54) is 11.1 Å². The van der Waals surface area contributed by atoms with Gasteiger partial charge in [-0.3, -0.25) is 9.59 Å². The van der Waals surface area contributed by atoms with Crippen LogP contribution >= 0.6 is 0 Å². The Bertz CT molecular complexity index is 752. The Kier molecular flexibility index (Phi) is 4.65. The molecule has 2 N–H and O–H groups in total. The zero-order chi connectivity index (χ0) is 17.1. The van der Waals surface area contributed by atoms with Gasteiger partial charge in [-0.1, -0.05) is 36.4 Å². The predicted octanol–water partition coefficient (Wildman–Crippen LogP) is 3.75. The summed E-state index contributed by atoms with van der Waals surface area (Å²) in [6.45, 7) is 2.08. The van der Waals surface area contributed by atoms with Gasteiger partial charge in [-0.25, -0.2) is 0 Å². The zero-order valence-corrected chi connectivity index (χ0v) is 13.7. The molecule has 1 amide bonds. The molecule has 4 nitrogen and oxygen atoms in total. The molecule has 2 aromatic rings. The number of hydrogen-bond donors (Lipinski definition) is 2. The molecular formula is C20H21NO3. The summed E-state index contributed by atoms with van der Waals surface area (Å²) in [6, 6.07) is 15.6. The Labute approximate surface area is 141 Å². The first-order valence-corrected chi connectivity index (χ1v) is 8.21. The molecule has 1 aliphatic rings. The van der Waals surface area contributed by atoms with Crippen LogP contribution in [-0.2, 0) is 16.0 Å². The summed E-state index contributed by atoms with van der Waals surface area (Å²) >= 11 is 0. The lowest BCUT2D eigenvalue weighted by Crippen LogP contribution is -2.14. The van der Waals surface area contributed by atoms with Crippen molar-refractivity contribution in [3.05, 3.63) is 65.2 Å². The standard InChI is InChI=1S/C20H21NO3/c1-13-4-2-3-5-16(13)17-12-18(17)20(24)21-15-9-6-14(7-10-15)8-11-19(22)23/h2-7,9-10,17-18H,8,11-12H2,1H3,(H,21,24)(H,22,23). The van der Waals surface area contributed by atoms with Gasteiger partial charge in [0.05, 0.1) is 0 Å². The van der Waals surface area contributed by atoms with Gasteiger partial charge in [-0.2, -0.15) is 0 Å². The van der Waals surface area contributed by atoms with Crippen molar-refractivity contribution in [3.63, 3.8) is 0 Å². The van der Waals surface area contributed by atoms with Gasteiger partial charge in [0.1, 0.15) is 0 Å². The van der Waals surface area contributed by atoms with Crippen molar-refractivity contribution in [1.82, 2.24) is 0 Å². The first kappa shape index (κ1) is 16.2. The molecule has 2 aromatic carbocycles. The first-order valence-electron chi connectivity index (χ1n) is 8.21. The summed E-state index contributed by atoms with van der Waals surface area (Å²) in [4.78, 5) is 23.0. The summed E-state index contributed by atoms with van der Waals surface area (Å²) in [5.74, 6) is -0.385. The van der Waals surface area contributed by atoms with Gasteiger partial charge in [0.25, 0.3) is 0 Å². The van der Waals surface area contributed by atoms with Crippen molar-refractivity contribution >= 4 is 17.6 Å². The summed E-state index contributed by atoms with van der Waals surface area (Å²) in [7, 11) is 0. The van der Waals surface area contributed by atoms with Crippen molar-refractivity contribution in [2.45, 2.75) is 32.1 Å². The van der Waals surface area contributed by atoms with E-state index < -0.39 is 5.97 Å². The van der Waals surface area contributed by atoms with Crippen LogP contribution in [0.5, 0.6) is 0 Å². The number of carboxylic acid groups (broad SMARTS) is 1. The number of aryl methyl sites for hydroxylation is 2. The van der Waals surface area contributed by atoms with Gasteiger partial charge in [0, 0.05) is 18.0 Å². The van der Waals surface area contributed by atoms with E-state index in [0.717, 1.165) is 17.7 Å². The maximum Gasteiger partial charge on any atom is 0.303 e. The second kappa shape index (κ2) is 6.87. The quantitative estimate of drug-likeness (QED) is 0.851. The molecule has 4 heteroatoms. The van der Waals surface area contributed by atoms with Gasteiger partial charge in [0.2, 0.25) is 5.91 Å². The highest BCUT2D eigenvalue weighted by Crippen LogP contribution is 2.48. The number of amides is 1. The Hall–Kier alpha value is -2.62. The Morgan fingerprint density at radius 2 is 1.83 bits per heavy atom. The fourth-order valence-corrected chi connectivity index (χ4v) is 3.07. The average molecular weight is 323 g/mol. The second-order valence-electron chi connectivity index (χ2n) is 6.39. The molecule has 124 valence electrons. The van der Waals surface area contributed by atoms with E-state index in [1.807, 2.05) is 36.4 Å². The van der Waals surface area contributed by atoms with Crippen LogP contribution < -0.4 is 5.32 Å². The number of rotatable bonds is 6. The van der Waals surface area contributed by atoms with E-state index in [4.69, 9.17) is 5.11 Å². The first-order chi connectivity index (χ1) is 11.5. The normalized spacial score (nSPS) is 18.9. The van der Waals surface area contributed by atoms with E-state index in [2.05, 4.69) is 24.4 Å². The molecule has 0 saturated heterocycles. The molecule has 24 heavy (non-hydrogen) atoms. The van der Waals surface area contributed by atoms with Gasteiger partial charge in [-0.15, -0.1) is 0 Å². The van der Waals surface area contributed by atoms with E-state index in [-0.39, 0.29) is 18.2 Å². The third-order valence-corrected chi connectivity index (χ3v) is 4.56. The number of hydrogen-bond acceptors (Lipinski definition) is 2. The molecule has 0 heterocycles. The fourth-order valence-electron chi connectivity index (χ4n) is 3.07. The molecule has 0 aliphatic heterocycles. The molecule has 1 saturated carbocycles. The Morgan fingerprint density at radius 1 is 1.12 bits per heavy atom. The lowest BCUT2D eigenvalue weighted by Gasteiger charge is -2.07. The van der Waals surface area contributed by atoms with Gasteiger partial charge >= 0.3 is 5.97 Å². The SMILES string of the molecule is Cc1ccccc1C1CC1C(=O)Nc1ccc(CCC(=O)O)cc1. The van der Waals surface area contributed by atoms with Crippen LogP contribution in [0.3, 0.4) is 0 Å². The smallest absolute Gasteiger partial charge is 0.303 e. The topological polar surface area (TPSA) is 66.4 Å². The van der Waals surface area contributed by atoms with Crippen LogP contribution in [0.2, 0.25) is 0 Å². The van der Waals surface area contributed by atoms with Crippen LogP contribution in [0.15, 0.2) is 48.5 Å². The van der Waals surface area contributed by atoms with Crippen LogP contribution in [-0.4, -0.2) is 17.0 Å². The van der Waals surface area contributed by atoms with Crippen molar-refractivity contribution in [1.29, 1.82) is 0 Å². The van der Waals surface area contributed by atoms with E-state index in [0.29, 0.717) is 12.3 Å². The van der Waals surface area contributed by atoms with E-state index in [9.17, 15) is 9.59 Å². The largest absolute Gasteiger partial charge is 0.481 e. The lowest BCUT2D eigenvalue weighted by atomic mass is 10.0. The molecule has 0 aromatic heterocycles. The van der Waals surface area contributed by atoms with Crippen molar-refractivity contribution in [2.24, 2.45) is 5.92 Å². The minimum absolute atomic E-state index is 0.0396. The van der Waals surface area contributed by atoms with Gasteiger partial charge < -0.3 is 10.4 Å². The number of anilines is 1. The van der Waals surface area contributed by atoms with Crippen molar-refractivity contribution in [3.8, 4) is 0 Å². The van der Waals surface area contributed by atoms with Crippen LogP contribution in [0.4, 0.5) is 5.69 Å². The van der Waals surface area contributed by atoms with E-state index >= 15 is 0 Å². The van der Waals surface area contributed by atoms with E-state index in [1.54, 1.807) is 0 Å². The van der Waals surface area contributed by atoms with Crippen molar-refractivity contribution in [2.75, 3.05) is 5.32 Å². The zero-order valence-electron chi connectivity index (χ0n) is 13.7. The fraction of sp³-hybridized carbons (Fsp3) is 0.300. The number of benzene rings is 2. The summed E-state index contributed by atoms with van der Waals surface area (Å²) in [6.07, 6.45) is 1.51. The van der Waals surface area contributed by atoms with Crippen LogP contribution in [0.25, 0.3) is 0 Å². The highest BCUT2D eigenvalue weighted by Gasteiger charge is 2.44. The third kappa shape index (κ3) is 3.82. The molecule has 0 spiro atoms. The molecule has 2 atom stereocenters. The monoisotopic (exact) mass is 323 g/mol. The minimum Gasteiger partial charge on any atom is -0.481 e. The Balaban J connectivity index is 1.56. The van der Waals surface area contributed by atoms with Gasteiger partial charge in [-0.05, 0) is 54.5 Å². The summed E-state index contributed by atoms with van der Waals surface area (Å²) in [5, 5.41) is 11.7. The second-order valence-corrected chi connectivity index (χ2v) is 6.39. The summed E-state index contributed by atoms with van der Waals surface area (Å²) < 4.78 is 0. The maximum absolute atomic E-state index is 12.4. The summed E-state index contributed by atoms with van der Waals surface area (Å²) in [5.41, 5.74) is 4.22. The predicted molar refractivity (Wildman–Crippen MR) is 93.1 cm³/mol. The van der Waals surface area contributed by atoms with Crippen LogP contribution in [0, 0.1) is 12.8 Å². The molecule has 0 radical (unpaired) electrons. The highest BCUT2D eigenvalue weighted by atomic mass is 16.4. The highest BCUT2D eigenvalue weighted by molar-refractivity contribution is 5.95. The molecular weight excluding hydrogens is 302 g/mol. The Morgan fingerprint density at radius 3 is 2.50 bits per heavy atom. The lowest BCUT2D eigenvalue weighted by molar-refractivity contribution is -0.137. The molecule has 2 unspecified atom stereocenters. The minimum atomic E-state index is -0.802. The average Bonchev–Trinajstić information content (AvgIpc) is 3.35. The maximum atomic E-state index is 12.4. The number of carbonyl (C=O) groups excluding carboxylic acids is 1. The molecule has 1 fully saturated rings. The van der Waals surface area contributed by atoms with Gasteiger partial charge in [0.15, 0.2) is 0 Å². The molecule has 3 rings (SSSR count). The number of carboxylic acids is 1. The van der Waals surface area contributed by atoms with Crippen molar-refractivity contribution < 1.29 is 14.7 Å². The number of nitrogens with one attached hydrogen (secondary N) is 1. The van der Waals surface area contributed by atoms with Crippen LogP contribution in [0.1, 0.15) is 35.4 Å². The molecule has 0 bridgehead atoms. The third-order valence-electron chi connectivity index (χ3n) is 4.56. The molecule has 1 aliphatic carbocycles. The number of carbonyl (C=O) groups is 2.